The van der Waals surface area contributed by atoms with Gasteiger partial charge in [-0.15, -0.1) is 0 Å². The van der Waals surface area contributed by atoms with Gasteiger partial charge >= 0.3 is 74.5 Å². The second-order valence-electron chi connectivity index (χ2n) is 29.6. The number of hydrogen-bond donors (Lipinski definition) is 13. The second-order valence-corrected chi connectivity index (χ2v) is 46.3. The Morgan fingerprint density at radius 1 is 0.347 bits per heavy atom. The third-order valence-electron chi connectivity index (χ3n) is 20.0. The molecule has 12 rings (SSSR count). The fourth-order valence-electron chi connectivity index (χ4n) is 13.9. The predicted molar refractivity (Wildman–Crippen MR) is 449 cm³/mol. The van der Waals surface area contributed by atoms with Crippen LogP contribution in [0.5, 0.6) is 0 Å². The number of nitrogens with one attached hydrogen (secondary N) is 6. The molecule has 0 spiro atoms. The van der Waals surface area contributed by atoms with Crippen molar-refractivity contribution in [3.05, 3.63) is 196 Å². The van der Waals surface area contributed by atoms with Crippen molar-refractivity contribution in [2.45, 2.75) is 211 Å². The Balaban J connectivity index is 0.747. The highest BCUT2D eigenvalue weighted by atomic mass is 32.7. The summed E-state index contributed by atoms with van der Waals surface area (Å²) < 4.78 is 127. The maximum absolute atomic E-state index is 14.1. The molecule has 61 heteroatoms. The van der Waals surface area contributed by atoms with Crippen molar-refractivity contribution in [1.29, 1.82) is 0 Å². The van der Waals surface area contributed by atoms with E-state index in [1.165, 1.54) is 66.3 Å². The van der Waals surface area contributed by atoms with E-state index >= 15 is 0 Å². The molecule has 7 unspecified atom stereocenters. The number of aromatic amines is 6. The predicted octanol–water partition coefficient (Wildman–Crippen LogP) is -0.203. The van der Waals surface area contributed by atoms with E-state index in [1.54, 1.807) is 13.8 Å². The standard InChI is InChI=1S/C63H86N12O37P6S6/c1-27(2)106-118(94,124)112-39-14-51(75-20-33(8)57(82)69-63(75)88)105-45(39)26-99-117(93,123)111-38-13-50(74-19-32(7)56(81)68-62(74)87)104-44(38)25-98-116(92,122)110-37-12-49(73-18-31(6)55(80)67-61(73)86)103-43(37)24-97-115(91,121)109-36-11-48(72-17-30(5)54(79)66-60(72)85)102-42(36)23-96-114(90,120)108-35-10-47(71-16-29(4)53(78)65-59(71)84)101-41(35)22-95-113(89,119)107-34-9-46(100-40(34)21-76)70-15-28(3)52(77)64-58(70)83/h15-20,27,34-51,76H,9-14,21-26H2,1-8H3,(H,89,119)(H,90,120)(H,91,121)(H,92,122)(H,93,123)(H,94,124)(H,64,77,83)(H,65,78,84)(H,66,79,85)(H,67,80,86)(H,68,81,87)(H,69,82,88)/t34-,35-,36-,37-,38-,39-,40+,41+,42+,43+,44+,45+,46?,47+,48+,49+,50+,51+,113?,114?,115?,116?,117?,118?/m0/s1. The number of nitrogens with zero attached hydrogens (tertiary/aromatic N) is 6. The van der Waals surface area contributed by atoms with Gasteiger partial charge in [0.1, 0.15) is 80.1 Å². The Morgan fingerprint density at radius 3 is 0.734 bits per heavy atom. The Hall–Kier alpha value is -5.05. The van der Waals surface area contributed by atoms with Crippen molar-refractivity contribution < 1.29 is 117 Å². The summed E-state index contributed by atoms with van der Waals surface area (Å²) in [6, 6.07) is 0. The number of aliphatic hydroxyl groups excluding tert-OH is 1. The molecule has 6 saturated heterocycles. The van der Waals surface area contributed by atoms with E-state index in [0.29, 0.717) is 0 Å². The molecule has 12 N–H and O–H groups in total. The fraction of sp³-hybridized carbons (Fsp3) is 0.619. The number of rotatable bonds is 36. The van der Waals surface area contributed by atoms with E-state index in [0.717, 1.165) is 39.8 Å². The van der Waals surface area contributed by atoms with Gasteiger partial charge in [0.25, 0.3) is 33.4 Å². The van der Waals surface area contributed by atoms with Gasteiger partial charge in [-0.2, -0.15) is 0 Å². The highest BCUT2D eigenvalue weighted by Crippen LogP contribution is 2.59. The molecule has 0 radical (unpaired) electrons. The van der Waals surface area contributed by atoms with Gasteiger partial charge in [-0.25, -0.2) is 33.3 Å². The topological polar surface area (TPSA) is 634 Å². The molecule has 24 atom stereocenters. The summed E-state index contributed by atoms with van der Waals surface area (Å²) >= 11 is 31.6. The molecule has 686 valence electrons. The number of ether oxygens (including phenoxy) is 6. The summed E-state index contributed by atoms with van der Waals surface area (Å²) in [6.07, 6.45) is -20.4. The molecule has 6 aliphatic rings. The van der Waals surface area contributed by atoms with Gasteiger partial charge in [0.2, 0.25) is 0 Å². The summed E-state index contributed by atoms with van der Waals surface area (Å²) in [5, 5.41) is 10.2. The number of aryl methyl sites for hydroxylation is 6. The summed E-state index contributed by atoms with van der Waals surface area (Å²) in [4.78, 5) is 226. The summed E-state index contributed by atoms with van der Waals surface area (Å²) in [5.41, 5.74) is -9.52. The van der Waals surface area contributed by atoms with Gasteiger partial charge < -0.3 is 103 Å². The van der Waals surface area contributed by atoms with E-state index < -0.39 is 277 Å². The number of aliphatic hydroxyl groups is 1. The molecule has 0 bridgehead atoms. The van der Waals surface area contributed by atoms with Crippen LogP contribution in [0, 0.1) is 41.5 Å². The first-order valence-electron chi connectivity index (χ1n) is 37.3. The number of thiol groups is 1. The highest BCUT2D eigenvalue weighted by molar-refractivity contribution is 8.44. The van der Waals surface area contributed by atoms with E-state index in [1.807, 2.05) is 0 Å². The summed E-state index contributed by atoms with van der Waals surface area (Å²) in [5.74, 6) is 0. The Kier molecular flexibility index (Phi) is 31.3. The van der Waals surface area contributed by atoms with Crippen LogP contribution < -0.4 is 67.5 Å². The van der Waals surface area contributed by atoms with Crippen molar-refractivity contribution in [3.8, 4) is 0 Å². The maximum atomic E-state index is 14.1. The van der Waals surface area contributed by atoms with E-state index in [-0.39, 0.29) is 59.1 Å². The molecule has 6 aromatic heterocycles. The maximum Gasteiger partial charge on any atom is 0.386 e. The zero-order valence-electron chi connectivity index (χ0n) is 66.1. The minimum atomic E-state index is -4.77. The normalized spacial score (nSPS) is 29.5. The molecule has 0 aromatic carbocycles. The summed E-state index contributed by atoms with van der Waals surface area (Å²) in [7, 11) is 0. The van der Waals surface area contributed by atoms with Crippen LogP contribution in [0.1, 0.15) is 123 Å². The number of aromatic nitrogens is 12. The Bertz CT molecular complexity index is 6110. The molecule has 6 aliphatic heterocycles. The van der Waals surface area contributed by atoms with Crippen molar-refractivity contribution >= 4 is 112 Å². The Labute approximate surface area is 727 Å². The van der Waals surface area contributed by atoms with Gasteiger partial charge in [-0.1, -0.05) is 12.2 Å². The fourth-order valence-corrected chi connectivity index (χ4v) is 23.3. The first-order chi connectivity index (χ1) is 57.9. The molecule has 0 aliphatic carbocycles. The van der Waals surface area contributed by atoms with Gasteiger partial charge in [-0.3, -0.25) is 95.1 Å². The molecule has 0 amide bonds. The minimum absolute atomic E-state index is 0.0257. The lowest BCUT2D eigenvalue weighted by atomic mass is 10.2. The molecule has 49 nitrogen and oxygen atoms in total. The first-order valence-corrected chi connectivity index (χ1v) is 53.0. The van der Waals surface area contributed by atoms with Crippen molar-refractivity contribution in [1.82, 2.24) is 57.3 Å². The van der Waals surface area contributed by atoms with Gasteiger partial charge in [0.15, 0.2) is 0 Å². The monoisotopic (exact) mass is 1980 g/mol. The quantitative estimate of drug-likeness (QED) is 0.0179. The third kappa shape index (κ3) is 24.4. The van der Waals surface area contributed by atoms with Crippen LogP contribution in [-0.2, 0) is 146 Å². The average molecular weight is 1980 g/mol. The second kappa shape index (κ2) is 39.6. The van der Waals surface area contributed by atoms with Gasteiger partial charge in [-0.05, 0) is 114 Å². The smallest absolute Gasteiger partial charge is 0.386 e. The molecule has 124 heavy (non-hydrogen) atoms. The van der Waals surface area contributed by atoms with Crippen molar-refractivity contribution in [3.63, 3.8) is 0 Å². The third-order valence-corrected chi connectivity index (χ3v) is 29.7. The van der Waals surface area contributed by atoms with Crippen LogP contribution in [0.3, 0.4) is 0 Å². The average Bonchev–Trinajstić information content (AvgIpc) is 1.65. The van der Waals surface area contributed by atoms with E-state index in [2.05, 4.69) is 42.2 Å². The first kappa shape index (κ1) is 98.0. The molecule has 6 fully saturated rings. The molecule has 0 saturated carbocycles. The largest absolute Gasteiger partial charge is 0.394 e. The SMILES string of the molecule is Cc1cn(C2C[C@H](OP(=O)(S)OC[C@H]3O[C@@H](n4cc(C)c(=O)[nH]c4=O)C[C@@H]3OP(O)(=S)OC[C@H]3O[C@@H](n4cc(C)c(=O)[nH]c4=O)C[C@@H]3OP(O)(=S)OC[C@H]3O[C@@H](n4cc(C)c(=O)[nH]c4=O)C[C@@H]3OP(O)(=S)OC[C@H]3O[C@@H](n4cc(C)c(=O)[nH]c4=O)C[C@@H]3OP(O)(=S)OC[C@H]3O[C@@H](n4cc(C)c(=O)[nH]c4=O)C[C@@H]3OP(O)(=S)OC(C)C)[C@@H](CO)O2)c(=O)[nH]c1=O. The molecular weight excluding hydrogens is 1890 g/mol. The van der Waals surface area contributed by atoms with E-state index in [4.69, 9.17) is 142 Å². The van der Waals surface area contributed by atoms with Crippen LogP contribution in [-0.4, -0.2) is 206 Å². The van der Waals surface area contributed by atoms with Crippen molar-refractivity contribution in [2.24, 2.45) is 0 Å². The van der Waals surface area contributed by atoms with Crippen LogP contribution in [0.2, 0.25) is 0 Å². The van der Waals surface area contributed by atoms with Crippen molar-refractivity contribution in [2.75, 3.05) is 39.6 Å². The number of H-pyrrole nitrogens is 6. The Morgan fingerprint density at radius 2 is 0.532 bits per heavy atom. The molecular formula is C63H86N12O37P6S6. The molecule has 12 heterocycles. The lowest BCUT2D eigenvalue weighted by Crippen LogP contribution is -2.33. The number of hydrogen-bond acceptors (Lipinski definition) is 37. The lowest BCUT2D eigenvalue weighted by molar-refractivity contribution is -0.0579. The van der Waals surface area contributed by atoms with Crippen LogP contribution in [0.15, 0.2) is 94.7 Å². The van der Waals surface area contributed by atoms with E-state index in [9.17, 15) is 91.7 Å². The lowest BCUT2D eigenvalue weighted by Gasteiger charge is -2.28. The van der Waals surface area contributed by atoms with Gasteiger partial charge in [0, 0.05) is 109 Å². The van der Waals surface area contributed by atoms with Crippen LogP contribution in [0.4, 0.5) is 0 Å². The zero-order chi connectivity index (χ0) is 90.5. The van der Waals surface area contributed by atoms with Crippen LogP contribution in [0.25, 0.3) is 0 Å². The summed E-state index contributed by atoms with van der Waals surface area (Å²) in [6.45, 7) is -20.6. The zero-order valence-corrected chi connectivity index (χ0v) is 76.5. The van der Waals surface area contributed by atoms with Crippen LogP contribution >= 0.6 is 52.6 Å². The highest BCUT2D eigenvalue weighted by Gasteiger charge is 2.51. The molecule has 6 aromatic rings. The van der Waals surface area contributed by atoms with Gasteiger partial charge in [0.05, 0.1) is 76.3 Å². The minimum Gasteiger partial charge on any atom is -0.394 e.